The van der Waals surface area contributed by atoms with E-state index in [2.05, 4.69) is 4.98 Å². The van der Waals surface area contributed by atoms with Crippen LogP contribution in [0.5, 0.6) is 0 Å². The summed E-state index contributed by atoms with van der Waals surface area (Å²) >= 11 is 0. The zero-order chi connectivity index (χ0) is 13.2. The molecule has 18 heavy (non-hydrogen) atoms. The standard InChI is InChI=1S/C12H11F3N2O/c13-12(14,15)9-3-1-2-8(6-9)11-17-10(4-5-16)7-18-11/h1-3,6-7H,4-5,16H2. The van der Waals surface area contributed by atoms with E-state index in [-0.39, 0.29) is 5.89 Å². The van der Waals surface area contributed by atoms with Crippen LogP contribution in [-0.4, -0.2) is 11.5 Å². The maximum Gasteiger partial charge on any atom is 0.416 e. The van der Waals surface area contributed by atoms with Gasteiger partial charge in [0.1, 0.15) is 6.26 Å². The third kappa shape index (κ3) is 2.70. The lowest BCUT2D eigenvalue weighted by atomic mass is 10.1. The molecule has 1 heterocycles. The summed E-state index contributed by atoms with van der Waals surface area (Å²) in [5.74, 6) is 0.171. The zero-order valence-corrected chi connectivity index (χ0v) is 9.37. The molecule has 3 nitrogen and oxygen atoms in total. The minimum Gasteiger partial charge on any atom is -0.444 e. The van der Waals surface area contributed by atoms with Gasteiger partial charge >= 0.3 is 6.18 Å². The van der Waals surface area contributed by atoms with Gasteiger partial charge in [-0.05, 0) is 24.7 Å². The predicted octanol–water partition coefficient (Wildman–Crippen LogP) is 2.86. The largest absolute Gasteiger partial charge is 0.444 e. The van der Waals surface area contributed by atoms with Crippen molar-refractivity contribution in [3.63, 3.8) is 0 Å². The van der Waals surface area contributed by atoms with Gasteiger partial charge in [0.25, 0.3) is 0 Å². The molecule has 0 saturated heterocycles. The second kappa shape index (κ2) is 4.81. The number of hydrogen-bond donors (Lipinski definition) is 1. The molecule has 0 saturated carbocycles. The van der Waals surface area contributed by atoms with E-state index in [0.717, 1.165) is 12.1 Å². The Morgan fingerprint density at radius 1 is 1.28 bits per heavy atom. The van der Waals surface area contributed by atoms with Gasteiger partial charge in [-0.15, -0.1) is 0 Å². The summed E-state index contributed by atoms with van der Waals surface area (Å²) in [4.78, 5) is 4.08. The Balaban J connectivity index is 2.32. The molecule has 2 N–H and O–H groups in total. The summed E-state index contributed by atoms with van der Waals surface area (Å²) in [5.41, 5.74) is 5.56. The average Bonchev–Trinajstić information content (AvgIpc) is 2.77. The van der Waals surface area contributed by atoms with Crippen molar-refractivity contribution in [2.45, 2.75) is 12.6 Å². The molecule has 0 spiro atoms. The molecule has 96 valence electrons. The highest BCUT2D eigenvalue weighted by molar-refractivity contribution is 5.54. The van der Waals surface area contributed by atoms with Crippen LogP contribution in [-0.2, 0) is 12.6 Å². The van der Waals surface area contributed by atoms with Gasteiger partial charge < -0.3 is 10.2 Å². The van der Waals surface area contributed by atoms with E-state index >= 15 is 0 Å². The lowest BCUT2D eigenvalue weighted by Crippen LogP contribution is -2.04. The van der Waals surface area contributed by atoms with Crippen LogP contribution < -0.4 is 5.73 Å². The molecule has 1 aromatic carbocycles. The van der Waals surface area contributed by atoms with Crippen molar-refractivity contribution in [1.29, 1.82) is 0 Å². The first-order chi connectivity index (χ1) is 8.50. The van der Waals surface area contributed by atoms with E-state index in [9.17, 15) is 13.2 Å². The Morgan fingerprint density at radius 2 is 2.06 bits per heavy atom. The predicted molar refractivity (Wildman–Crippen MR) is 59.7 cm³/mol. The summed E-state index contributed by atoms with van der Waals surface area (Å²) in [5, 5.41) is 0. The summed E-state index contributed by atoms with van der Waals surface area (Å²) in [6, 6.07) is 4.86. The fraction of sp³-hybridized carbons (Fsp3) is 0.250. The first kappa shape index (κ1) is 12.6. The van der Waals surface area contributed by atoms with E-state index in [1.165, 1.54) is 18.4 Å². The smallest absolute Gasteiger partial charge is 0.416 e. The molecule has 2 aromatic rings. The molecule has 1 aromatic heterocycles. The van der Waals surface area contributed by atoms with Gasteiger partial charge in [-0.2, -0.15) is 13.2 Å². The lowest BCUT2D eigenvalue weighted by Gasteiger charge is -2.06. The Kier molecular flexibility index (Phi) is 3.38. The summed E-state index contributed by atoms with van der Waals surface area (Å²) in [6.07, 6.45) is -2.44. The van der Waals surface area contributed by atoms with Crippen LogP contribution in [0.15, 0.2) is 34.9 Å². The molecule has 0 aliphatic rings. The number of alkyl halides is 3. The van der Waals surface area contributed by atoms with Crippen molar-refractivity contribution in [2.75, 3.05) is 6.54 Å². The van der Waals surface area contributed by atoms with Gasteiger partial charge in [0.2, 0.25) is 5.89 Å². The van der Waals surface area contributed by atoms with E-state index in [4.69, 9.17) is 10.2 Å². The van der Waals surface area contributed by atoms with E-state index < -0.39 is 11.7 Å². The van der Waals surface area contributed by atoms with Gasteiger partial charge in [-0.3, -0.25) is 0 Å². The molecular formula is C12H11F3N2O. The highest BCUT2D eigenvalue weighted by atomic mass is 19.4. The number of oxazole rings is 1. The fourth-order valence-electron chi connectivity index (χ4n) is 1.53. The van der Waals surface area contributed by atoms with Gasteiger partial charge in [0.15, 0.2) is 0 Å². The Morgan fingerprint density at radius 3 is 2.72 bits per heavy atom. The van der Waals surface area contributed by atoms with Gasteiger partial charge in [0.05, 0.1) is 11.3 Å². The van der Waals surface area contributed by atoms with E-state index in [0.29, 0.717) is 24.2 Å². The Hall–Kier alpha value is -1.82. The molecular weight excluding hydrogens is 245 g/mol. The van der Waals surface area contributed by atoms with Crippen molar-refractivity contribution in [2.24, 2.45) is 5.73 Å². The Bertz CT molecular complexity index is 534. The average molecular weight is 256 g/mol. The third-order valence-corrected chi connectivity index (χ3v) is 2.39. The fourth-order valence-corrected chi connectivity index (χ4v) is 1.53. The monoisotopic (exact) mass is 256 g/mol. The SMILES string of the molecule is NCCc1coc(-c2cccc(C(F)(F)F)c2)n1. The topological polar surface area (TPSA) is 52.0 Å². The minimum absolute atomic E-state index is 0.171. The zero-order valence-electron chi connectivity index (χ0n) is 9.37. The first-order valence-corrected chi connectivity index (χ1v) is 5.33. The van der Waals surface area contributed by atoms with Crippen LogP contribution in [0.2, 0.25) is 0 Å². The van der Waals surface area contributed by atoms with Crippen LogP contribution in [0.25, 0.3) is 11.5 Å². The molecule has 0 radical (unpaired) electrons. The maximum atomic E-state index is 12.5. The van der Waals surface area contributed by atoms with Crippen molar-refractivity contribution >= 4 is 0 Å². The molecule has 2 rings (SSSR count). The molecule has 6 heteroatoms. The van der Waals surface area contributed by atoms with Gasteiger partial charge in [0, 0.05) is 12.0 Å². The normalized spacial score (nSPS) is 11.8. The van der Waals surface area contributed by atoms with E-state index in [1.807, 2.05) is 0 Å². The molecule has 0 amide bonds. The number of rotatable bonds is 3. The minimum atomic E-state index is -4.37. The highest BCUT2D eigenvalue weighted by Crippen LogP contribution is 2.31. The first-order valence-electron chi connectivity index (χ1n) is 5.33. The van der Waals surface area contributed by atoms with Crippen molar-refractivity contribution in [1.82, 2.24) is 4.98 Å². The molecule has 0 aliphatic heterocycles. The van der Waals surface area contributed by atoms with E-state index in [1.54, 1.807) is 0 Å². The summed E-state index contributed by atoms with van der Waals surface area (Å²) in [7, 11) is 0. The quantitative estimate of drug-likeness (QED) is 0.918. The van der Waals surface area contributed by atoms with Crippen LogP contribution in [0.3, 0.4) is 0 Å². The molecule has 0 atom stereocenters. The van der Waals surface area contributed by atoms with Crippen molar-refractivity contribution < 1.29 is 17.6 Å². The van der Waals surface area contributed by atoms with Crippen LogP contribution in [0.1, 0.15) is 11.3 Å². The number of nitrogens with zero attached hydrogens (tertiary/aromatic N) is 1. The van der Waals surface area contributed by atoms with Crippen LogP contribution >= 0.6 is 0 Å². The van der Waals surface area contributed by atoms with Crippen molar-refractivity contribution in [3.05, 3.63) is 41.8 Å². The van der Waals surface area contributed by atoms with Crippen LogP contribution in [0, 0.1) is 0 Å². The molecule has 0 unspecified atom stereocenters. The number of halogens is 3. The molecule has 0 bridgehead atoms. The third-order valence-electron chi connectivity index (χ3n) is 2.39. The highest BCUT2D eigenvalue weighted by Gasteiger charge is 2.30. The summed E-state index contributed by atoms with van der Waals surface area (Å²) in [6.45, 7) is 0.411. The van der Waals surface area contributed by atoms with Crippen molar-refractivity contribution in [3.8, 4) is 11.5 Å². The number of benzene rings is 1. The molecule has 0 fully saturated rings. The second-order valence-electron chi connectivity index (χ2n) is 3.76. The lowest BCUT2D eigenvalue weighted by molar-refractivity contribution is -0.137. The second-order valence-corrected chi connectivity index (χ2v) is 3.76. The number of hydrogen-bond acceptors (Lipinski definition) is 3. The maximum absolute atomic E-state index is 12.5. The molecule has 0 aliphatic carbocycles. The van der Waals surface area contributed by atoms with Gasteiger partial charge in [-0.25, -0.2) is 4.98 Å². The van der Waals surface area contributed by atoms with Gasteiger partial charge in [-0.1, -0.05) is 6.07 Å². The summed E-state index contributed by atoms with van der Waals surface area (Å²) < 4.78 is 42.8. The number of nitrogens with two attached hydrogens (primary N) is 1. The number of aromatic nitrogens is 1. The Labute approximate surface area is 101 Å². The van der Waals surface area contributed by atoms with Crippen LogP contribution in [0.4, 0.5) is 13.2 Å².